The summed E-state index contributed by atoms with van der Waals surface area (Å²) in [7, 11) is 0. The van der Waals surface area contributed by atoms with Crippen molar-refractivity contribution in [2.45, 2.75) is 19.1 Å². The zero-order valence-corrected chi connectivity index (χ0v) is 11.8. The monoisotopic (exact) mass is 282 g/mol. The van der Waals surface area contributed by atoms with Crippen LogP contribution in [-0.4, -0.2) is 34.1 Å². The molecular formula is C16H18N4O. The number of nitrogens with zero attached hydrogens (tertiary/aromatic N) is 4. The van der Waals surface area contributed by atoms with Crippen LogP contribution in [0.2, 0.25) is 0 Å². The minimum atomic E-state index is -0.594. The fraction of sp³-hybridized carbons (Fsp3) is 0.375. The molecule has 0 amide bonds. The molecule has 2 atom stereocenters. The van der Waals surface area contributed by atoms with Gasteiger partial charge in [-0.3, -0.25) is 4.68 Å². The lowest BCUT2D eigenvalue weighted by Gasteiger charge is -2.32. The predicted octanol–water partition coefficient (Wildman–Crippen LogP) is 1.64. The highest BCUT2D eigenvalue weighted by atomic mass is 16.3. The summed E-state index contributed by atoms with van der Waals surface area (Å²) in [5, 5.41) is 23.4. The molecule has 5 nitrogen and oxygen atoms in total. The highest BCUT2D eigenvalue weighted by molar-refractivity contribution is 5.38. The SMILES string of the molecule is N#CC1CCN(c2ccn(Cc3ccccc3)n2)C[C@@H]1O. The minimum absolute atomic E-state index is 0.257. The molecule has 108 valence electrons. The van der Waals surface area contributed by atoms with E-state index >= 15 is 0 Å². The van der Waals surface area contributed by atoms with Crippen molar-refractivity contribution in [3.8, 4) is 6.07 Å². The number of benzene rings is 1. The largest absolute Gasteiger partial charge is 0.390 e. The Morgan fingerprint density at radius 3 is 2.81 bits per heavy atom. The second kappa shape index (κ2) is 5.98. The molecule has 0 aliphatic carbocycles. The molecule has 2 heterocycles. The van der Waals surface area contributed by atoms with Crippen molar-refractivity contribution in [3.63, 3.8) is 0 Å². The number of hydrogen-bond donors (Lipinski definition) is 1. The van der Waals surface area contributed by atoms with Crippen LogP contribution in [0.4, 0.5) is 5.82 Å². The second-order valence-corrected chi connectivity index (χ2v) is 5.39. The zero-order chi connectivity index (χ0) is 14.7. The van der Waals surface area contributed by atoms with Crippen LogP contribution in [0.15, 0.2) is 42.6 Å². The van der Waals surface area contributed by atoms with Gasteiger partial charge in [0.25, 0.3) is 0 Å². The number of nitriles is 1. The molecule has 1 aliphatic heterocycles. The van der Waals surface area contributed by atoms with Crippen molar-refractivity contribution in [2.75, 3.05) is 18.0 Å². The molecule has 1 N–H and O–H groups in total. The van der Waals surface area contributed by atoms with Crippen LogP contribution in [-0.2, 0) is 6.54 Å². The minimum Gasteiger partial charge on any atom is -0.390 e. The lowest BCUT2D eigenvalue weighted by molar-refractivity contribution is 0.119. The van der Waals surface area contributed by atoms with E-state index in [-0.39, 0.29) is 5.92 Å². The molecule has 1 aromatic heterocycles. The van der Waals surface area contributed by atoms with Crippen molar-refractivity contribution in [1.29, 1.82) is 5.26 Å². The Hall–Kier alpha value is -2.32. The molecule has 21 heavy (non-hydrogen) atoms. The molecule has 0 bridgehead atoms. The molecule has 1 aliphatic rings. The highest BCUT2D eigenvalue weighted by Crippen LogP contribution is 2.22. The van der Waals surface area contributed by atoms with E-state index in [0.29, 0.717) is 13.0 Å². The topological polar surface area (TPSA) is 65.1 Å². The molecule has 1 unspecified atom stereocenters. The first-order chi connectivity index (χ1) is 10.3. The van der Waals surface area contributed by atoms with Crippen LogP contribution in [0.3, 0.4) is 0 Å². The number of aromatic nitrogens is 2. The van der Waals surface area contributed by atoms with Crippen molar-refractivity contribution >= 4 is 5.82 Å². The Balaban J connectivity index is 1.67. The van der Waals surface area contributed by atoms with Gasteiger partial charge in [0.05, 0.1) is 24.6 Å². The predicted molar refractivity (Wildman–Crippen MR) is 79.7 cm³/mol. The average molecular weight is 282 g/mol. The molecule has 3 rings (SSSR count). The van der Waals surface area contributed by atoms with Gasteiger partial charge in [-0.15, -0.1) is 0 Å². The van der Waals surface area contributed by atoms with Crippen LogP contribution in [0.5, 0.6) is 0 Å². The Labute approximate surface area is 124 Å². The normalized spacial score (nSPS) is 22.0. The van der Waals surface area contributed by atoms with Gasteiger partial charge in [-0.1, -0.05) is 30.3 Å². The summed E-state index contributed by atoms with van der Waals surface area (Å²) in [6.07, 6.45) is 2.04. The van der Waals surface area contributed by atoms with Gasteiger partial charge in [-0.2, -0.15) is 10.4 Å². The molecule has 5 heteroatoms. The lowest BCUT2D eigenvalue weighted by Crippen LogP contribution is -2.43. The van der Waals surface area contributed by atoms with E-state index in [2.05, 4.69) is 23.3 Å². The Bertz CT molecular complexity index is 631. The summed E-state index contributed by atoms with van der Waals surface area (Å²) in [6, 6.07) is 14.3. The van der Waals surface area contributed by atoms with Gasteiger partial charge < -0.3 is 10.0 Å². The van der Waals surface area contributed by atoms with E-state index in [1.165, 1.54) is 5.56 Å². The van der Waals surface area contributed by atoms with E-state index < -0.39 is 6.10 Å². The smallest absolute Gasteiger partial charge is 0.150 e. The summed E-state index contributed by atoms with van der Waals surface area (Å²) >= 11 is 0. The Kier molecular flexibility index (Phi) is 3.89. The summed E-state index contributed by atoms with van der Waals surface area (Å²) < 4.78 is 1.90. The van der Waals surface area contributed by atoms with Crippen molar-refractivity contribution in [2.24, 2.45) is 5.92 Å². The van der Waals surface area contributed by atoms with Crippen LogP contribution >= 0.6 is 0 Å². The number of anilines is 1. The fourth-order valence-electron chi connectivity index (χ4n) is 2.67. The zero-order valence-electron chi connectivity index (χ0n) is 11.8. The number of β-amino-alcohol motifs (C(OH)–C–C–N with tert-alkyl or cyclic N) is 1. The van der Waals surface area contributed by atoms with Crippen molar-refractivity contribution < 1.29 is 5.11 Å². The lowest BCUT2D eigenvalue weighted by atomic mass is 9.95. The number of hydrogen-bond acceptors (Lipinski definition) is 4. The van der Waals surface area contributed by atoms with E-state index in [1.807, 2.05) is 40.0 Å². The van der Waals surface area contributed by atoms with E-state index in [9.17, 15) is 5.11 Å². The van der Waals surface area contributed by atoms with E-state index in [4.69, 9.17) is 5.26 Å². The molecule has 1 fully saturated rings. The summed E-state index contributed by atoms with van der Waals surface area (Å²) in [5.74, 6) is 0.606. The number of piperidine rings is 1. The fourth-order valence-corrected chi connectivity index (χ4v) is 2.67. The molecule has 2 aromatic rings. The maximum atomic E-state index is 9.94. The van der Waals surface area contributed by atoms with E-state index in [1.54, 1.807) is 0 Å². The second-order valence-electron chi connectivity index (χ2n) is 5.39. The summed E-state index contributed by atoms with van der Waals surface area (Å²) in [6.45, 7) is 1.97. The third-order valence-electron chi connectivity index (χ3n) is 3.89. The van der Waals surface area contributed by atoms with Gasteiger partial charge in [-0.25, -0.2) is 0 Å². The Morgan fingerprint density at radius 2 is 2.10 bits per heavy atom. The quantitative estimate of drug-likeness (QED) is 0.929. The average Bonchev–Trinajstić information content (AvgIpc) is 2.97. The van der Waals surface area contributed by atoms with Gasteiger partial charge in [0.1, 0.15) is 0 Å². The molecule has 1 saturated heterocycles. The third-order valence-corrected chi connectivity index (χ3v) is 3.89. The molecule has 0 saturated carbocycles. The van der Waals surface area contributed by atoms with Gasteiger partial charge in [0, 0.05) is 25.4 Å². The maximum absolute atomic E-state index is 9.94. The van der Waals surface area contributed by atoms with E-state index in [0.717, 1.165) is 18.9 Å². The number of rotatable bonds is 3. The first-order valence-corrected chi connectivity index (χ1v) is 7.16. The van der Waals surface area contributed by atoms with Crippen LogP contribution in [0, 0.1) is 17.2 Å². The highest BCUT2D eigenvalue weighted by Gasteiger charge is 2.28. The molecule has 1 aromatic carbocycles. The maximum Gasteiger partial charge on any atom is 0.150 e. The van der Waals surface area contributed by atoms with Crippen molar-refractivity contribution in [1.82, 2.24) is 9.78 Å². The van der Waals surface area contributed by atoms with Gasteiger partial charge >= 0.3 is 0 Å². The Morgan fingerprint density at radius 1 is 1.29 bits per heavy atom. The molecule has 0 radical (unpaired) electrons. The summed E-state index contributed by atoms with van der Waals surface area (Å²) in [4.78, 5) is 2.04. The van der Waals surface area contributed by atoms with Crippen LogP contribution < -0.4 is 4.90 Å². The van der Waals surface area contributed by atoms with Crippen molar-refractivity contribution in [3.05, 3.63) is 48.2 Å². The van der Waals surface area contributed by atoms with Gasteiger partial charge in [0.15, 0.2) is 5.82 Å². The van der Waals surface area contributed by atoms with Gasteiger partial charge in [-0.05, 0) is 12.0 Å². The first kappa shape index (κ1) is 13.7. The van der Waals surface area contributed by atoms with Crippen LogP contribution in [0.25, 0.3) is 0 Å². The number of aliphatic hydroxyl groups is 1. The molecular weight excluding hydrogens is 264 g/mol. The standard InChI is InChI=1S/C16H18N4O/c17-10-14-6-8-19(12-15(14)21)16-7-9-20(18-16)11-13-4-2-1-3-5-13/h1-5,7,9,14-15,21H,6,8,11-12H2/t14?,15-/m0/s1. The van der Waals surface area contributed by atoms with Crippen LogP contribution in [0.1, 0.15) is 12.0 Å². The summed E-state index contributed by atoms with van der Waals surface area (Å²) in [5.41, 5.74) is 1.20. The third kappa shape index (κ3) is 3.06. The molecule has 0 spiro atoms. The first-order valence-electron chi connectivity index (χ1n) is 7.16. The van der Waals surface area contributed by atoms with Gasteiger partial charge in [0.2, 0.25) is 0 Å². The number of aliphatic hydroxyl groups excluding tert-OH is 1.